The van der Waals surface area contributed by atoms with Gasteiger partial charge >= 0.3 is 0 Å². The molecule has 0 fully saturated rings. The summed E-state index contributed by atoms with van der Waals surface area (Å²) in [5.41, 5.74) is 3.00. The first-order chi connectivity index (χ1) is 10.6. The van der Waals surface area contributed by atoms with E-state index in [4.69, 9.17) is 0 Å². The number of aryl methyl sites for hydroxylation is 1. The van der Waals surface area contributed by atoms with Crippen LogP contribution in [0.2, 0.25) is 0 Å². The van der Waals surface area contributed by atoms with Crippen molar-refractivity contribution in [1.29, 1.82) is 0 Å². The fraction of sp³-hybridized carbons (Fsp3) is 0.176. The molecule has 0 saturated heterocycles. The number of fused-ring (bicyclic) bond motifs is 2. The predicted octanol–water partition coefficient (Wildman–Crippen LogP) is 3.96. The zero-order valence-corrected chi connectivity index (χ0v) is 13.7. The molecule has 4 rings (SSSR count). The van der Waals surface area contributed by atoms with E-state index in [1.165, 1.54) is 4.70 Å². The van der Waals surface area contributed by atoms with Crippen molar-refractivity contribution in [3.05, 3.63) is 59.0 Å². The van der Waals surface area contributed by atoms with Crippen molar-refractivity contribution in [1.82, 2.24) is 0 Å². The third kappa shape index (κ3) is 2.04. The number of thiophene rings is 1. The summed E-state index contributed by atoms with van der Waals surface area (Å²) >= 11 is 1.69. The summed E-state index contributed by atoms with van der Waals surface area (Å²) in [5.74, 6) is 0. The van der Waals surface area contributed by atoms with Crippen molar-refractivity contribution in [3.8, 4) is 0 Å². The molecule has 2 aromatic carbocycles. The zero-order valence-electron chi connectivity index (χ0n) is 12.1. The molecule has 1 aliphatic rings. The summed E-state index contributed by atoms with van der Waals surface area (Å²) in [7, 11) is -3.48. The standard InChI is InChI=1S/C17H15NO2S2/c1-12-2-4-15(5-3-12)22(19,20)18-8-6-13-11-17-14(7-9-21-17)10-16(13)18/h2-5,7,9-11H,6,8H2,1H3. The maximum Gasteiger partial charge on any atom is 0.264 e. The van der Waals surface area contributed by atoms with E-state index in [1.807, 2.05) is 36.6 Å². The van der Waals surface area contributed by atoms with Gasteiger partial charge in [-0.2, -0.15) is 0 Å². The molecule has 112 valence electrons. The van der Waals surface area contributed by atoms with E-state index < -0.39 is 10.0 Å². The van der Waals surface area contributed by atoms with Gasteiger partial charge in [-0.3, -0.25) is 4.31 Å². The van der Waals surface area contributed by atoms with E-state index in [0.29, 0.717) is 11.4 Å². The summed E-state index contributed by atoms with van der Waals surface area (Å²) in [6, 6.07) is 13.2. The van der Waals surface area contributed by atoms with Gasteiger partial charge in [0.15, 0.2) is 0 Å². The molecule has 2 heterocycles. The molecule has 0 unspecified atom stereocenters. The second-order valence-electron chi connectivity index (χ2n) is 5.58. The first-order valence-corrected chi connectivity index (χ1v) is 9.47. The number of hydrogen-bond acceptors (Lipinski definition) is 3. The molecule has 3 nitrogen and oxygen atoms in total. The molecule has 1 aromatic heterocycles. The lowest BCUT2D eigenvalue weighted by Crippen LogP contribution is -2.29. The van der Waals surface area contributed by atoms with Crippen molar-refractivity contribution in [2.45, 2.75) is 18.2 Å². The highest BCUT2D eigenvalue weighted by atomic mass is 32.2. The molecule has 1 aliphatic heterocycles. The Kier molecular flexibility index (Phi) is 3.03. The van der Waals surface area contributed by atoms with Gasteiger partial charge in [-0.05, 0) is 60.0 Å². The van der Waals surface area contributed by atoms with Gasteiger partial charge in [-0.1, -0.05) is 17.7 Å². The molecule has 0 N–H and O–H groups in total. The third-order valence-corrected chi connectivity index (χ3v) is 6.82. The average molecular weight is 329 g/mol. The van der Waals surface area contributed by atoms with Crippen LogP contribution in [0, 0.1) is 6.92 Å². The maximum absolute atomic E-state index is 12.9. The topological polar surface area (TPSA) is 37.4 Å². The first-order valence-electron chi connectivity index (χ1n) is 7.15. The summed E-state index contributed by atoms with van der Waals surface area (Å²) < 4.78 is 28.6. The van der Waals surface area contributed by atoms with E-state index >= 15 is 0 Å². The van der Waals surface area contributed by atoms with Crippen LogP contribution < -0.4 is 4.31 Å². The maximum atomic E-state index is 12.9. The molecule has 3 aromatic rings. The normalized spacial score (nSPS) is 14.5. The van der Waals surface area contributed by atoms with Crippen molar-refractivity contribution < 1.29 is 8.42 Å². The number of hydrogen-bond donors (Lipinski definition) is 0. The van der Waals surface area contributed by atoms with Crippen LogP contribution in [-0.2, 0) is 16.4 Å². The zero-order chi connectivity index (χ0) is 15.3. The highest BCUT2D eigenvalue weighted by Gasteiger charge is 2.31. The summed E-state index contributed by atoms with van der Waals surface area (Å²) in [6.07, 6.45) is 0.772. The largest absolute Gasteiger partial charge is 0.266 e. The van der Waals surface area contributed by atoms with Crippen LogP contribution in [0.3, 0.4) is 0 Å². The summed E-state index contributed by atoms with van der Waals surface area (Å²) in [4.78, 5) is 0.358. The van der Waals surface area contributed by atoms with Crippen LogP contribution >= 0.6 is 11.3 Å². The number of benzene rings is 2. The fourth-order valence-corrected chi connectivity index (χ4v) is 5.23. The van der Waals surface area contributed by atoms with E-state index in [9.17, 15) is 8.42 Å². The number of anilines is 1. The lowest BCUT2D eigenvalue weighted by molar-refractivity contribution is 0.592. The third-order valence-electron chi connectivity index (χ3n) is 4.12. The molecule has 0 spiro atoms. The number of sulfonamides is 1. The molecule has 0 bridgehead atoms. The van der Waals surface area contributed by atoms with Gasteiger partial charge in [-0.15, -0.1) is 11.3 Å². The molecule has 0 aliphatic carbocycles. The Labute approximate surface area is 133 Å². The summed E-state index contributed by atoms with van der Waals surface area (Å²) in [6.45, 7) is 2.47. The van der Waals surface area contributed by atoms with Gasteiger partial charge in [0.05, 0.1) is 10.6 Å². The van der Waals surface area contributed by atoms with Crippen molar-refractivity contribution in [2.24, 2.45) is 0 Å². The van der Waals surface area contributed by atoms with Gasteiger partial charge in [0.1, 0.15) is 0 Å². The SMILES string of the molecule is Cc1ccc(S(=O)(=O)N2CCc3cc4sccc4cc32)cc1. The van der Waals surface area contributed by atoms with E-state index in [0.717, 1.165) is 28.6 Å². The van der Waals surface area contributed by atoms with Crippen LogP contribution in [0.15, 0.2) is 52.7 Å². The van der Waals surface area contributed by atoms with Crippen LogP contribution in [0.4, 0.5) is 5.69 Å². The average Bonchev–Trinajstić information content (AvgIpc) is 3.10. The minimum Gasteiger partial charge on any atom is -0.266 e. The molecule has 5 heteroatoms. The minimum atomic E-state index is -3.48. The van der Waals surface area contributed by atoms with Gasteiger partial charge < -0.3 is 0 Å². The van der Waals surface area contributed by atoms with Gasteiger partial charge in [-0.25, -0.2) is 8.42 Å². The Morgan fingerprint density at radius 1 is 1.09 bits per heavy atom. The lowest BCUT2D eigenvalue weighted by Gasteiger charge is -2.19. The molecular formula is C17H15NO2S2. The highest BCUT2D eigenvalue weighted by Crippen LogP contribution is 2.37. The monoisotopic (exact) mass is 329 g/mol. The minimum absolute atomic E-state index is 0.358. The van der Waals surface area contributed by atoms with Crippen molar-refractivity contribution in [3.63, 3.8) is 0 Å². The number of rotatable bonds is 2. The molecule has 22 heavy (non-hydrogen) atoms. The van der Waals surface area contributed by atoms with Crippen molar-refractivity contribution in [2.75, 3.05) is 10.8 Å². The van der Waals surface area contributed by atoms with E-state index in [1.54, 1.807) is 27.8 Å². The quantitative estimate of drug-likeness (QED) is 0.713. The van der Waals surface area contributed by atoms with E-state index in [2.05, 4.69) is 6.07 Å². The summed E-state index contributed by atoms with van der Waals surface area (Å²) in [5, 5.41) is 3.15. The second-order valence-corrected chi connectivity index (χ2v) is 8.39. The van der Waals surface area contributed by atoms with E-state index in [-0.39, 0.29) is 0 Å². The Balaban J connectivity index is 1.83. The molecule has 0 saturated carbocycles. The Morgan fingerprint density at radius 3 is 2.64 bits per heavy atom. The van der Waals surface area contributed by atoms with Crippen LogP contribution in [0.25, 0.3) is 10.1 Å². The van der Waals surface area contributed by atoms with Crippen LogP contribution in [0.5, 0.6) is 0 Å². The van der Waals surface area contributed by atoms with Crippen molar-refractivity contribution >= 4 is 37.1 Å². The van der Waals surface area contributed by atoms with Crippen LogP contribution in [0.1, 0.15) is 11.1 Å². The van der Waals surface area contributed by atoms with Gasteiger partial charge in [0, 0.05) is 11.2 Å². The Morgan fingerprint density at radius 2 is 1.86 bits per heavy atom. The smallest absolute Gasteiger partial charge is 0.264 e. The highest BCUT2D eigenvalue weighted by molar-refractivity contribution is 7.92. The van der Waals surface area contributed by atoms with Crippen LogP contribution in [-0.4, -0.2) is 15.0 Å². The Hall–Kier alpha value is -1.85. The Bertz CT molecular complexity index is 956. The number of nitrogens with zero attached hydrogens (tertiary/aromatic N) is 1. The molecule has 0 atom stereocenters. The molecule has 0 radical (unpaired) electrons. The predicted molar refractivity (Wildman–Crippen MR) is 91.2 cm³/mol. The first kappa shape index (κ1) is 13.8. The second kappa shape index (κ2) is 4.83. The van der Waals surface area contributed by atoms with Gasteiger partial charge in [0.25, 0.3) is 10.0 Å². The lowest BCUT2D eigenvalue weighted by atomic mass is 10.1. The fourth-order valence-electron chi connectivity index (χ4n) is 2.90. The molecular weight excluding hydrogens is 314 g/mol. The molecule has 0 amide bonds. The van der Waals surface area contributed by atoms with Gasteiger partial charge in [0.2, 0.25) is 0 Å².